The average Bonchev–Trinajstić information content (AvgIpc) is 2.55. The van der Waals surface area contributed by atoms with E-state index in [4.69, 9.17) is 23.2 Å². The number of benzene rings is 2. The van der Waals surface area contributed by atoms with Crippen LogP contribution < -0.4 is 4.90 Å². The molecule has 0 aliphatic carbocycles. The van der Waals surface area contributed by atoms with E-state index in [2.05, 4.69) is 0 Å². The molecule has 0 bridgehead atoms. The van der Waals surface area contributed by atoms with Crippen molar-refractivity contribution in [2.45, 2.75) is 0 Å². The highest BCUT2D eigenvalue weighted by Gasteiger charge is 2.24. The molecule has 0 saturated carbocycles. The second-order valence-electron chi connectivity index (χ2n) is 5.35. The number of halogens is 3. The van der Waals surface area contributed by atoms with Gasteiger partial charge in [0, 0.05) is 31.2 Å². The summed E-state index contributed by atoms with van der Waals surface area (Å²) in [6, 6.07) is 11.5. The van der Waals surface area contributed by atoms with Gasteiger partial charge in [-0.25, -0.2) is 4.39 Å². The molecule has 1 aliphatic rings. The van der Waals surface area contributed by atoms with Crippen LogP contribution in [0.1, 0.15) is 10.4 Å². The zero-order chi connectivity index (χ0) is 16.4. The summed E-state index contributed by atoms with van der Waals surface area (Å²) >= 11 is 12.0. The maximum absolute atomic E-state index is 13.8. The molecule has 0 aromatic heterocycles. The molecular formula is C17H15Cl2FN2O. The summed E-state index contributed by atoms with van der Waals surface area (Å²) in [5, 5.41) is 0.843. The molecule has 6 heteroatoms. The number of piperazine rings is 1. The van der Waals surface area contributed by atoms with E-state index in [0.717, 1.165) is 0 Å². The Balaban J connectivity index is 1.69. The fraction of sp³-hybridized carbons (Fsp3) is 0.235. The Morgan fingerprint density at radius 1 is 1.00 bits per heavy atom. The largest absolute Gasteiger partial charge is 0.366 e. The maximum atomic E-state index is 13.8. The molecular weight excluding hydrogens is 338 g/mol. The molecule has 1 saturated heterocycles. The molecule has 1 aliphatic heterocycles. The van der Waals surface area contributed by atoms with Crippen LogP contribution in [0.5, 0.6) is 0 Å². The number of hydrogen-bond acceptors (Lipinski definition) is 2. The zero-order valence-corrected chi connectivity index (χ0v) is 13.8. The van der Waals surface area contributed by atoms with E-state index in [9.17, 15) is 9.18 Å². The minimum atomic E-state index is -0.243. The van der Waals surface area contributed by atoms with Crippen molar-refractivity contribution in [3.8, 4) is 0 Å². The van der Waals surface area contributed by atoms with Crippen LogP contribution in [0.2, 0.25) is 10.0 Å². The molecule has 2 aromatic rings. The van der Waals surface area contributed by atoms with Crippen LogP contribution in [0.3, 0.4) is 0 Å². The smallest absolute Gasteiger partial charge is 0.255 e. The molecule has 0 atom stereocenters. The molecule has 2 aromatic carbocycles. The minimum Gasteiger partial charge on any atom is -0.366 e. The summed E-state index contributed by atoms with van der Waals surface area (Å²) in [5.41, 5.74) is 1.01. The van der Waals surface area contributed by atoms with Gasteiger partial charge in [0.25, 0.3) is 5.91 Å². The van der Waals surface area contributed by atoms with Crippen molar-refractivity contribution >= 4 is 34.8 Å². The first-order valence-electron chi connectivity index (χ1n) is 7.30. The van der Waals surface area contributed by atoms with Gasteiger partial charge in [0.15, 0.2) is 0 Å². The van der Waals surface area contributed by atoms with E-state index in [1.54, 1.807) is 35.2 Å². The number of carbonyl (C=O) groups excluding carboxylic acids is 1. The van der Waals surface area contributed by atoms with Crippen LogP contribution in [-0.2, 0) is 0 Å². The van der Waals surface area contributed by atoms with Gasteiger partial charge >= 0.3 is 0 Å². The Morgan fingerprint density at radius 3 is 2.35 bits per heavy atom. The van der Waals surface area contributed by atoms with Gasteiger partial charge in [-0.3, -0.25) is 4.79 Å². The first-order chi connectivity index (χ1) is 11.1. The Bertz CT molecular complexity index is 730. The molecule has 1 heterocycles. The molecule has 1 amide bonds. The molecule has 23 heavy (non-hydrogen) atoms. The number of anilines is 1. The quantitative estimate of drug-likeness (QED) is 0.812. The summed E-state index contributed by atoms with van der Waals surface area (Å²) in [7, 11) is 0. The lowest BCUT2D eigenvalue weighted by Gasteiger charge is -2.36. The topological polar surface area (TPSA) is 23.6 Å². The lowest BCUT2D eigenvalue weighted by atomic mass is 10.1. The summed E-state index contributed by atoms with van der Waals surface area (Å²) in [6.45, 7) is 2.20. The molecule has 0 unspecified atom stereocenters. The van der Waals surface area contributed by atoms with Gasteiger partial charge in [-0.05, 0) is 30.3 Å². The van der Waals surface area contributed by atoms with Gasteiger partial charge in [-0.1, -0.05) is 35.3 Å². The molecule has 3 nitrogen and oxygen atoms in total. The van der Waals surface area contributed by atoms with E-state index in [-0.39, 0.29) is 11.7 Å². The van der Waals surface area contributed by atoms with Crippen LogP contribution in [0.15, 0.2) is 42.5 Å². The van der Waals surface area contributed by atoms with Crippen molar-refractivity contribution in [2.24, 2.45) is 0 Å². The third-order valence-corrected chi connectivity index (χ3v) is 4.47. The van der Waals surface area contributed by atoms with Crippen molar-refractivity contribution in [3.05, 3.63) is 63.9 Å². The molecule has 120 valence electrons. The van der Waals surface area contributed by atoms with Gasteiger partial charge in [0.2, 0.25) is 0 Å². The van der Waals surface area contributed by atoms with Crippen molar-refractivity contribution in [1.82, 2.24) is 4.90 Å². The van der Waals surface area contributed by atoms with Gasteiger partial charge in [-0.2, -0.15) is 0 Å². The van der Waals surface area contributed by atoms with Gasteiger partial charge in [-0.15, -0.1) is 0 Å². The van der Waals surface area contributed by atoms with E-state index < -0.39 is 0 Å². The van der Waals surface area contributed by atoms with Crippen molar-refractivity contribution in [2.75, 3.05) is 31.1 Å². The maximum Gasteiger partial charge on any atom is 0.255 e. The number of carbonyl (C=O) groups is 1. The third-order valence-electron chi connectivity index (χ3n) is 3.92. The van der Waals surface area contributed by atoms with E-state index in [1.807, 2.05) is 11.0 Å². The molecule has 0 radical (unpaired) electrons. The second kappa shape index (κ2) is 6.77. The summed E-state index contributed by atoms with van der Waals surface area (Å²) < 4.78 is 13.8. The lowest BCUT2D eigenvalue weighted by Crippen LogP contribution is -2.49. The van der Waals surface area contributed by atoms with Crippen LogP contribution in [0, 0.1) is 5.82 Å². The Kier molecular flexibility index (Phi) is 4.74. The van der Waals surface area contributed by atoms with Gasteiger partial charge in [0.1, 0.15) is 5.82 Å². The number of para-hydroxylation sites is 1. The van der Waals surface area contributed by atoms with Crippen LogP contribution >= 0.6 is 23.2 Å². The highest BCUT2D eigenvalue weighted by Crippen LogP contribution is 2.24. The average molecular weight is 353 g/mol. The van der Waals surface area contributed by atoms with E-state index in [1.165, 1.54) is 6.07 Å². The first-order valence-corrected chi connectivity index (χ1v) is 8.05. The number of hydrogen-bond donors (Lipinski definition) is 0. The minimum absolute atomic E-state index is 0.125. The predicted octanol–water partition coefficient (Wildman–Crippen LogP) is 4.09. The highest BCUT2D eigenvalue weighted by atomic mass is 35.5. The van der Waals surface area contributed by atoms with E-state index >= 15 is 0 Å². The number of rotatable bonds is 2. The summed E-state index contributed by atoms with van der Waals surface area (Å²) in [5.74, 6) is -0.368. The fourth-order valence-corrected chi connectivity index (χ4v) is 3.18. The zero-order valence-electron chi connectivity index (χ0n) is 12.3. The Labute approximate surface area is 144 Å². The summed E-state index contributed by atoms with van der Waals surface area (Å²) in [4.78, 5) is 16.2. The van der Waals surface area contributed by atoms with Crippen molar-refractivity contribution < 1.29 is 9.18 Å². The van der Waals surface area contributed by atoms with Gasteiger partial charge < -0.3 is 9.80 Å². The SMILES string of the molecule is O=C(c1ccc(Cl)cc1Cl)N1CCN(c2ccccc2F)CC1. The predicted molar refractivity (Wildman–Crippen MR) is 91.0 cm³/mol. The lowest BCUT2D eigenvalue weighted by molar-refractivity contribution is 0.0747. The molecule has 0 N–H and O–H groups in total. The Hall–Kier alpha value is -1.78. The van der Waals surface area contributed by atoms with Crippen LogP contribution in [0.25, 0.3) is 0 Å². The highest BCUT2D eigenvalue weighted by molar-refractivity contribution is 6.36. The third kappa shape index (κ3) is 3.43. The van der Waals surface area contributed by atoms with Crippen LogP contribution in [0.4, 0.5) is 10.1 Å². The van der Waals surface area contributed by atoms with Crippen LogP contribution in [-0.4, -0.2) is 37.0 Å². The monoisotopic (exact) mass is 352 g/mol. The fourth-order valence-electron chi connectivity index (χ4n) is 2.69. The van der Waals surface area contributed by atoms with Crippen molar-refractivity contribution in [1.29, 1.82) is 0 Å². The number of amides is 1. The summed E-state index contributed by atoms with van der Waals surface area (Å²) in [6.07, 6.45) is 0. The van der Waals surface area contributed by atoms with Crippen molar-refractivity contribution in [3.63, 3.8) is 0 Å². The number of nitrogens with zero attached hydrogens (tertiary/aromatic N) is 2. The molecule has 3 rings (SSSR count). The Morgan fingerprint density at radius 2 is 1.70 bits per heavy atom. The molecule has 1 fully saturated rings. The van der Waals surface area contributed by atoms with E-state index in [0.29, 0.717) is 47.5 Å². The first kappa shape index (κ1) is 16.1. The van der Waals surface area contributed by atoms with Gasteiger partial charge in [0.05, 0.1) is 16.3 Å². The molecule has 0 spiro atoms. The normalized spacial score (nSPS) is 14.9. The standard InChI is InChI=1S/C17H15Cl2FN2O/c18-12-5-6-13(14(19)11-12)17(23)22-9-7-21(8-10-22)16-4-2-1-3-15(16)20/h1-6,11H,7-10H2. The second-order valence-corrected chi connectivity index (χ2v) is 6.20.